The summed E-state index contributed by atoms with van der Waals surface area (Å²) in [6.45, 7) is 2.14. The quantitative estimate of drug-likeness (QED) is 0.886. The minimum Gasteiger partial charge on any atom is -0.491 e. The number of hydrogen-bond donors (Lipinski definition) is 2. The Morgan fingerprint density at radius 1 is 1.29 bits per heavy atom. The van der Waals surface area contributed by atoms with Gasteiger partial charge in [-0.15, -0.1) is 0 Å². The molecule has 2 aromatic rings. The highest BCUT2D eigenvalue weighted by atomic mass is 16.5. The molecule has 0 bridgehead atoms. The van der Waals surface area contributed by atoms with E-state index in [1.165, 1.54) is 0 Å². The molecule has 2 aliphatic heterocycles. The number of aromatic nitrogens is 2. The first-order valence-corrected chi connectivity index (χ1v) is 8.50. The van der Waals surface area contributed by atoms with E-state index in [4.69, 9.17) is 4.74 Å². The van der Waals surface area contributed by atoms with E-state index in [9.17, 15) is 4.79 Å². The monoisotopic (exact) mass is 326 g/mol. The van der Waals surface area contributed by atoms with Crippen LogP contribution in [-0.2, 0) is 16.8 Å². The lowest BCUT2D eigenvalue weighted by atomic mass is 9.87. The van der Waals surface area contributed by atoms with Crippen molar-refractivity contribution in [3.05, 3.63) is 48.3 Å². The Morgan fingerprint density at radius 2 is 2.12 bits per heavy atom. The number of hydrogen-bond acceptors (Lipinski definition) is 4. The first-order valence-electron chi connectivity index (χ1n) is 8.50. The van der Waals surface area contributed by atoms with Gasteiger partial charge >= 0.3 is 0 Å². The van der Waals surface area contributed by atoms with Gasteiger partial charge in [0.1, 0.15) is 17.9 Å². The highest BCUT2D eigenvalue weighted by Crippen LogP contribution is 2.29. The van der Waals surface area contributed by atoms with Gasteiger partial charge in [-0.3, -0.25) is 9.48 Å². The van der Waals surface area contributed by atoms with Crippen LogP contribution in [0.3, 0.4) is 0 Å². The molecule has 1 fully saturated rings. The number of benzene rings is 1. The molecule has 1 aromatic heterocycles. The minimum atomic E-state index is -0.605. The predicted molar refractivity (Wildman–Crippen MR) is 89.9 cm³/mol. The van der Waals surface area contributed by atoms with Crippen LogP contribution < -0.4 is 15.4 Å². The molecule has 126 valence electrons. The zero-order valence-corrected chi connectivity index (χ0v) is 13.6. The smallest absolute Gasteiger partial charge is 0.248 e. The summed E-state index contributed by atoms with van der Waals surface area (Å²) in [6, 6.07) is 9.88. The molecule has 24 heavy (non-hydrogen) atoms. The van der Waals surface area contributed by atoms with Crippen molar-refractivity contribution in [1.82, 2.24) is 20.4 Å². The number of carbonyl (C=O) groups excluding carboxylic acids is 1. The second-order valence-electron chi connectivity index (χ2n) is 6.53. The molecule has 6 heteroatoms. The second-order valence-corrected chi connectivity index (χ2v) is 6.53. The molecule has 1 unspecified atom stereocenters. The molecule has 0 aliphatic carbocycles. The van der Waals surface area contributed by atoms with Crippen LogP contribution in [0.1, 0.15) is 18.4 Å². The van der Waals surface area contributed by atoms with Crippen molar-refractivity contribution < 1.29 is 9.53 Å². The lowest BCUT2D eigenvalue weighted by Gasteiger charge is -2.38. The molecule has 0 spiro atoms. The van der Waals surface area contributed by atoms with E-state index >= 15 is 0 Å². The number of para-hydroxylation sites is 1. The van der Waals surface area contributed by atoms with Crippen molar-refractivity contribution in [2.24, 2.45) is 0 Å². The molecule has 0 saturated carbocycles. The number of rotatable bonds is 3. The topological polar surface area (TPSA) is 68.2 Å². The zero-order valence-electron chi connectivity index (χ0n) is 13.6. The Labute approximate surface area is 141 Å². The number of nitrogens with one attached hydrogen (secondary N) is 2. The van der Waals surface area contributed by atoms with Crippen molar-refractivity contribution in [3.63, 3.8) is 0 Å². The second kappa shape index (κ2) is 6.28. The fraction of sp³-hybridized carbons (Fsp3) is 0.444. The number of amides is 1. The molecule has 3 heterocycles. The van der Waals surface area contributed by atoms with Crippen LogP contribution >= 0.6 is 0 Å². The van der Waals surface area contributed by atoms with Gasteiger partial charge in [0, 0.05) is 12.4 Å². The van der Waals surface area contributed by atoms with E-state index in [1.807, 2.05) is 35.1 Å². The Bertz CT molecular complexity index is 708. The van der Waals surface area contributed by atoms with Crippen LogP contribution in [0.25, 0.3) is 0 Å². The SMILES string of the molecule is O=C(NC1COc2ccccc2C1)C1(n2cccn2)CCNCC1. The average Bonchev–Trinajstić information content (AvgIpc) is 3.17. The van der Waals surface area contributed by atoms with Crippen LogP contribution in [-0.4, -0.2) is 41.4 Å². The zero-order chi connectivity index (χ0) is 16.4. The summed E-state index contributed by atoms with van der Waals surface area (Å²) < 4.78 is 7.62. The number of piperidine rings is 1. The van der Waals surface area contributed by atoms with Gasteiger partial charge in [0.25, 0.3) is 0 Å². The van der Waals surface area contributed by atoms with Crippen molar-refractivity contribution in [2.75, 3.05) is 19.7 Å². The number of ether oxygens (including phenoxy) is 1. The van der Waals surface area contributed by atoms with Gasteiger partial charge in [-0.2, -0.15) is 5.10 Å². The van der Waals surface area contributed by atoms with Crippen molar-refractivity contribution >= 4 is 5.91 Å². The minimum absolute atomic E-state index is 0.00489. The summed E-state index contributed by atoms with van der Waals surface area (Å²) in [6.07, 6.45) is 5.90. The van der Waals surface area contributed by atoms with E-state index in [0.29, 0.717) is 6.61 Å². The Hall–Kier alpha value is -2.34. The van der Waals surface area contributed by atoms with Gasteiger partial charge in [-0.1, -0.05) is 18.2 Å². The maximum absolute atomic E-state index is 13.1. The third-order valence-electron chi connectivity index (χ3n) is 5.01. The molecule has 2 aliphatic rings. The molecule has 6 nitrogen and oxygen atoms in total. The highest BCUT2D eigenvalue weighted by molar-refractivity contribution is 5.85. The van der Waals surface area contributed by atoms with Gasteiger partial charge in [0.05, 0.1) is 6.04 Å². The Kier molecular flexibility index (Phi) is 3.98. The Morgan fingerprint density at radius 3 is 2.92 bits per heavy atom. The van der Waals surface area contributed by atoms with E-state index in [-0.39, 0.29) is 11.9 Å². The molecule has 1 amide bonds. The van der Waals surface area contributed by atoms with Crippen molar-refractivity contribution in [1.29, 1.82) is 0 Å². The summed E-state index contributed by atoms with van der Waals surface area (Å²) in [5.41, 5.74) is 0.540. The van der Waals surface area contributed by atoms with Crippen LogP contribution in [0.2, 0.25) is 0 Å². The molecule has 1 aromatic carbocycles. The van der Waals surface area contributed by atoms with Crippen LogP contribution in [0.4, 0.5) is 0 Å². The summed E-state index contributed by atoms with van der Waals surface area (Å²) in [7, 11) is 0. The number of nitrogens with zero attached hydrogens (tertiary/aromatic N) is 2. The lowest BCUT2D eigenvalue weighted by molar-refractivity contribution is -0.133. The third kappa shape index (κ3) is 2.67. The van der Waals surface area contributed by atoms with E-state index in [0.717, 1.165) is 43.7 Å². The average molecular weight is 326 g/mol. The largest absolute Gasteiger partial charge is 0.491 e. The van der Waals surface area contributed by atoms with Crippen LogP contribution in [0.15, 0.2) is 42.7 Å². The summed E-state index contributed by atoms with van der Waals surface area (Å²) in [5, 5.41) is 10.9. The van der Waals surface area contributed by atoms with E-state index in [1.54, 1.807) is 6.20 Å². The molecular formula is C18H22N4O2. The van der Waals surface area contributed by atoms with Gasteiger partial charge in [0.2, 0.25) is 5.91 Å². The van der Waals surface area contributed by atoms with Gasteiger partial charge < -0.3 is 15.4 Å². The summed E-state index contributed by atoms with van der Waals surface area (Å²) >= 11 is 0. The predicted octanol–water partition coefficient (Wildman–Crippen LogP) is 1.08. The summed E-state index contributed by atoms with van der Waals surface area (Å²) in [4.78, 5) is 13.1. The molecule has 0 radical (unpaired) electrons. The van der Waals surface area contributed by atoms with Crippen LogP contribution in [0, 0.1) is 0 Å². The van der Waals surface area contributed by atoms with Gasteiger partial charge in [-0.05, 0) is 50.0 Å². The maximum Gasteiger partial charge on any atom is 0.248 e. The molecule has 2 N–H and O–H groups in total. The molecular weight excluding hydrogens is 304 g/mol. The van der Waals surface area contributed by atoms with Crippen molar-refractivity contribution in [3.8, 4) is 5.75 Å². The summed E-state index contributed by atoms with van der Waals surface area (Å²) in [5.74, 6) is 0.965. The van der Waals surface area contributed by atoms with Crippen molar-refractivity contribution in [2.45, 2.75) is 30.8 Å². The lowest BCUT2D eigenvalue weighted by Crippen LogP contribution is -2.57. The van der Waals surface area contributed by atoms with Gasteiger partial charge in [0.15, 0.2) is 0 Å². The third-order valence-corrected chi connectivity index (χ3v) is 5.01. The molecule has 1 saturated heterocycles. The normalized spacial score (nSPS) is 22.2. The van der Waals surface area contributed by atoms with Crippen LogP contribution in [0.5, 0.6) is 5.75 Å². The first-order chi connectivity index (χ1) is 11.8. The maximum atomic E-state index is 13.1. The van der Waals surface area contributed by atoms with E-state index < -0.39 is 5.54 Å². The molecule has 4 rings (SSSR count). The fourth-order valence-electron chi connectivity index (χ4n) is 3.66. The van der Waals surface area contributed by atoms with Gasteiger partial charge in [-0.25, -0.2) is 0 Å². The number of fused-ring (bicyclic) bond motifs is 1. The Balaban J connectivity index is 1.52. The number of carbonyl (C=O) groups is 1. The molecule has 1 atom stereocenters. The fourth-order valence-corrected chi connectivity index (χ4v) is 3.66. The highest BCUT2D eigenvalue weighted by Gasteiger charge is 2.43. The standard InChI is InChI=1S/C18H22N4O2/c23-17(18(6-9-19-10-7-18)22-11-3-8-20-22)21-15-12-14-4-1-2-5-16(14)24-13-15/h1-5,8,11,15,19H,6-7,9-10,12-13H2,(H,21,23). The first kappa shape index (κ1) is 15.2. The van der Waals surface area contributed by atoms with E-state index in [2.05, 4.69) is 21.8 Å².